The highest BCUT2D eigenvalue weighted by molar-refractivity contribution is 7.80. The zero-order valence-corrected chi connectivity index (χ0v) is 27.6. The SMILES string of the molecule is Cc1ccc(C(C)C)c(-n2c(C)csc2=NC(=S)NCCCCc2ccc(-c3ncn(-c4ccc(OC(F)(F)F)cc4)n3)cc2)c1. The molecule has 0 bridgehead atoms. The van der Waals surface area contributed by atoms with Crippen LogP contribution in [-0.4, -0.2) is 37.4 Å². The molecule has 0 saturated carbocycles. The van der Waals surface area contributed by atoms with Gasteiger partial charge in [-0.15, -0.1) is 29.6 Å². The van der Waals surface area contributed by atoms with E-state index in [0.29, 0.717) is 22.5 Å². The molecule has 0 radical (unpaired) electrons. The molecule has 12 heteroatoms. The van der Waals surface area contributed by atoms with E-state index in [1.165, 1.54) is 52.0 Å². The smallest absolute Gasteiger partial charge is 0.406 e. The lowest BCUT2D eigenvalue weighted by Crippen LogP contribution is -2.25. The van der Waals surface area contributed by atoms with Gasteiger partial charge in [-0.05, 0) is 98.3 Å². The highest BCUT2D eigenvalue weighted by atomic mass is 32.1. The standard InChI is InChI=1S/C34H35F3N6OS2/c1-22(2)29-17-8-23(3)19-30(29)43-24(4)20-46-33(43)40-32(45)38-18-6-5-7-25-9-11-26(12-10-25)31-39-21-42(41-31)27-13-15-28(16-14-27)44-34(35,36)37/h8-17,19-22H,5-7,18H2,1-4H3,(H,38,45). The molecule has 7 nitrogen and oxygen atoms in total. The first-order chi connectivity index (χ1) is 22.0. The quantitative estimate of drug-likeness (QED) is 0.120. The molecule has 0 saturated heterocycles. The van der Waals surface area contributed by atoms with Crippen LogP contribution in [0.25, 0.3) is 22.8 Å². The number of alkyl halides is 3. The summed E-state index contributed by atoms with van der Waals surface area (Å²) in [5.41, 5.74) is 7.38. The van der Waals surface area contributed by atoms with Crippen LogP contribution in [0.2, 0.25) is 0 Å². The molecule has 0 aliphatic rings. The summed E-state index contributed by atoms with van der Waals surface area (Å²) >= 11 is 7.17. The van der Waals surface area contributed by atoms with E-state index in [1.807, 2.05) is 12.1 Å². The number of nitrogens with zero attached hydrogens (tertiary/aromatic N) is 5. The zero-order valence-electron chi connectivity index (χ0n) is 26.0. The topological polar surface area (TPSA) is 69.3 Å². The maximum absolute atomic E-state index is 12.4. The maximum Gasteiger partial charge on any atom is 0.573 e. The van der Waals surface area contributed by atoms with Crippen molar-refractivity contribution in [2.75, 3.05) is 6.54 Å². The van der Waals surface area contributed by atoms with Crippen molar-refractivity contribution < 1.29 is 17.9 Å². The van der Waals surface area contributed by atoms with E-state index in [4.69, 9.17) is 17.2 Å². The Hall–Kier alpha value is -4.29. The number of thiocarbonyl (C=S) groups is 1. The second kappa shape index (κ2) is 14.4. The van der Waals surface area contributed by atoms with Crippen molar-refractivity contribution in [3.05, 3.63) is 106 Å². The predicted octanol–water partition coefficient (Wildman–Crippen LogP) is 8.22. The van der Waals surface area contributed by atoms with Crippen molar-refractivity contribution in [3.63, 3.8) is 0 Å². The molecule has 0 spiro atoms. The molecular formula is C34H35F3N6OS2. The number of hydrogen-bond acceptors (Lipinski definition) is 5. The first kappa shape index (κ1) is 33.1. The Bertz CT molecular complexity index is 1860. The first-order valence-corrected chi connectivity index (χ1v) is 16.2. The monoisotopic (exact) mass is 664 g/mol. The third-order valence-electron chi connectivity index (χ3n) is 7.33. The minimum absolute atomic E-state index is 0.291. The Morgan fingerprint density at radius 1 is 1.02 bits per heavy atom. The highest BCUT2D eigenvalue weighted by Crippen LogP contribution is 2.26. The lowest BCUT2D eigenvalue weighted by atomic mass is 9.99. The largest absolute Gasteiger partial charge is 0.573 e. The molecule has 46 heavy (non-hydrogen) atoms. The van der Waals surface area contributed by atoms with Gasteiger partial charge < -0.3 is 10.1 Å². The zero-order chi connectivity index (χ0) is 32.8. The van der Waals surface area contributed by atoms with Gasteiger partial charge in [0.05, 0.1) is 11.4 Å². The second-order valence-electron chi connectivity index (χ2n) is 11.3. The van der Waals surface area contributed by atoms with E-state index in [0.717, 1.165) is 47.6 Å². The molecule has 240 valence electrons. The highest BCUT2D eigenvalue weighted by Gasteiger charge is 2.31. The van der Waals surface area contributed by atoms with Crippen LogP contribution in [0, 0.1) is 13.8 Å². The Balaban J connectivity index is 1.12. The number of ether oxygens (including phenoxy) is 1. The van der Waals surface area contributed by atoms with Crippen molar-refractivity contribution >= 4 is 28.7 Å². The molecule has 5 rings (SSSR count). The Morgan fingerprint density at radius 3 is 2.46 bits per heavy atom. The van der Waals surface area contributed by atoms with E-state index in [9.17, 15) is 13.2 Å². The number of unbranched alkanes of at least 4 members (excludes halogenated alkanes) is 1. The predicted molar refractivity (Wildman–Crippen MR) is 180 cm³/mol. The van der Waals surface area contributed by atoms with Crippen molar-refractivity contribution in [1.29, 1.82) is 0 Å². The number of aryl methyl sites for hydroxylation is 3. The number of benzene rings is 3. The minimum Gasteiger partial charge on any atom is -0.406 e. The Morgan fingerprint density at radius 2 is 1.76 bits per heavy atom. The van der Waals surface area contributed by atoms with Crippen LogP contribution in [0.4, 0.5) is 13.2 Å². The van der Waals surface area contributed by atoms with Crippen molar-refractivity contribution in [3.8, 4) is 28.5 Å². The molecule has 2 aromatic heterocycles. The van der Waals surface area contributed by atoms with Crippen LogP contribution < -0.4 is 14.9 Å². The van der Waals surface area contributed by atoms with Gasteiger partial charge in [0.25, 0.3) is 0 Å². The van der Waals surface area contributed by atoms with Gasteiger partial charge in [0.15, 0.2) is 15.7 Å². The van der Waals surface area contributed by atoms with Gasteiger partial charge in [0, 0.05) is 23.2 Å². The molecule has 0 aliphatic carbocycles. The normalized spacial score (nSPS) is 12.1. The van der Waals surface area contributed by atoms with Gasteiger partial charge in [0.2, 0.25) is 0 Å². The number of halogens is 3. The van der Waals surface area contributed by atoms with Gasteiger partial charge >= 0.3 is 6.36 Å². The van der Waals surface area contributed by atoms with Gasteiger partial charge in [-0.1, -0.05) is 50.2 Å². The maximum atomic E-state index is 12.4. The molecule has 0 amide bonds. The van der Waals surface area contributed by atoms with Crippen molar-refractivity contribution in [2.24, 2.45) is 4.99 Å². The van der Waals surface area contributed by atoms with E-state index < -0.39 is 6.36 Å². The third kappa shape index (κ3) is 8.49. The van der Waals surface area contributed by atoms with E-state index in [1.54, 1.807) is 11.3 Å². The lowest BCUT2D eigenvalue weighted by Gasteiger charge is -2.16. The minimum atomic E-state index is -4.73. The van der Waals surface area contributed by atoms with Crippen molar-refractivity contribution in [2.45, 2.75) is 59.2 Å². The summed E-state index contributed by atoms with van der Waals surface area (Å²) in [6.07, 6.45) is -0.375. The average Bonchev–Trinajstić information content (AvgIpc) is 3.64. The summed E-state index contributed by atoms with van der Waals surface area (Å²) in [7, 11) is 0. The lowest BCUT2D eigenvalue weighted by molar-refractivity contribution is -0.274. The van der Waals surface area contributed by atoms with E-state index in [2.05, 4.69) is 88.1 Å². The molecule has 3 aromatic carbocycles. The summed E-state index contributed by atoms with van der Waals surface area (Å²) in [5, 5.41) is 10.4. The Kier molecular flexibility index (Phi) is 10.4. The van der Waals surface area contributed by atoms with Crippen LogP contribution in [-0.2, 0) is 6.42 Å². The molecule has 0 aliphatic heterocycles. The number of thiazole rings is 1. The van der Waals surface area contributed by atoms with Gasteiger partial charge in [0.1, 0.15) is 12.1 Å². The fraction of sp³-hybridized carbons (Fsp3) is 0.294. The molecule has 2 heterocycles. The van der Waals surface area contributed by atoms with Gasteiger partial charge in [-0.3, -0.25) is 4.57 Å². The number of aromatic nitrogens is 4. The molecule has 0 fully saturated rings. The third-order valence-corrected chi connectivity index (χ3v) is 8.51. The molecule has 0 atom stereocenters. The summed E-state index contributed by atoms with van der Waals surface area (Å²) < 4.78 is 44.9. The average molecular weight is 665 g/mol. The summed E-state index contributed by atoms with van der Waals surface area (Å²) in [4.78, 5) is 9.97. The van der Waals surface area contributed by atoms with Crippen LogP contribution in [0.1, 0.15) is 55.0 Å². The molecule has 1 N–H and O–H groups in total. The molecule has 0 unspecified atom stereocenters. The number of hydrogen-bond donors (Lipinski definition) is 1. The van der Waals surface area contributed by atoms with Crippen LogP contribution in [0.3, 0.4) is 0 Å². The van der Waals surface area contributed by atoms with Gasteiger partial charge in [-0.25, -0.2) is 9.67 Å². The summed E-state index contributed by atoms with van der Waals surface area (Å²) in [6.45, 7) is 9.34. The first-order valence-electron chi connectivity index (χ1n) is 14.9. The Labute approximate surface area is 275 Å². The van der Waals surface area contributed by atoms with E-state index >= 15 is 0 Å². The van der Waals surface area contributed by atoms with Crippen LogP contribution in [0.15, 0.2) is 83.4 Å². The fourth-order valence-electron chi connectivity index (χ4n) is 5.02. The van der Waals surface area contributed by atoms with Gasteiger partial charge in [-0.2, -0.15) is 4.99 Å². The summed E-state index contributed by atoms with van der Waals surface area (Å²) in [6, 6.07) is 20.1. The van der Waals surface area contributed by atoms with Crippen LogP contribution in [0.5, 0.6) is 5.75 Å². The molecular weight excluding hydrogens is 630 g/mol. The number of nitrogens with one attached hydrogen (secondary N) is 1. The number of rotatable bonds is 10. The second-order valence-corrected chi connectivity index (χ2v) is 12.5. The van der Waals surface area contributed by atoms with E-state index in [-0.39, 0.29) is 5.75 Å². The molecule has 5 aromatic rings. The fourth-order valence-corrected chi connectivity index (χ4v) is 6.14. The van der Waals surface area contributed by atoms with Crippen LogP contribution >= 0.6 is 23.6 Å². The summed E-state index contributed by atoms with van der Waals surface area (Å²) in [5.74, 6) is 0.617. The van der Waals surface area contributed by atoms with Crippen molar-refractivity contribution in [1.82, 2.24) is 24.6 Å².